The Morgan fingerprint density at radius 3 is 2.35 bits per heavy atom. The molecular weight excluding hydrogens is 356 g/mol. The summed E-state index contributed by atoms with van der Waals surface area (Å²) in [5.74, 6) is -1.61. The highest BCUT2D eigenvalue weighted by molar-refractivity contribution is 7.92. The molecule has 26 heavy (non-hydrogen) atoms. The largest absolute Gasteiger partial charge is 0.449 e. The van der Waals surface area contributed by atoms with Gasteiger partial charge in [0.15, 0.2) is 6.10 Å². The molecule has 0 spiro atoms. The number of carbonyl (C=O) groups is 2. The monoisotopic (exact) mass is 376 g/mol. The number of sulfonamides is 1. The molecule has 1 amide bonds. The van der Waals surface area contributed by atoms with Crippen LogP contribution in [0.1, 0.15) is 24.2 Å². The Hall–Kier alpha value is -2.87. The third-order valence-corrected chi connectivity index (χ3v) is 5.57. The standard InChI is InChI=1S/C18H20N2O5S/c1-3-20(15-9-5-4-6-10-15)26(23,24)16-11-7-8-14(12-16)18(22)25-13(2)17(19)21/h4-13H,3H2,1-2H3,(H2,19,21). The fraction of sp³-hybridized carbons (Fsp3) is 0.222. The zero-order valence-electron chi connectivity index (χ0n) is 14.5. The Morgan fingerprint density at radius 1 is 1.12 bits per heavy atom. The van der Waals surface area contributed by atoms with Crippen molar-refractivity contribution in [2.24, 2.45) is 5.73 Å². The van der Waals surface area contributed by atoms with Gasteiger partial charge in [-0.25, -0.2) is 13.2 Å². The Labute approximate surface area is 152 Å². The summed E-state index contributed by atoms with van der Waals surface area (Å²) in [6.07, 6.45) is -1.11. The smallest absolute Gasteiger partial charge is 0.338 e. The number of nitrogens with two attached hydrogens (primary N) is 1. The average Bonchev–Trinajstić information content (AvgIpc) is 2.63. The second-order valence-corrected chi connectivity index (χ2v) is 7.35. The number of hydrogen-bond donors (Lipinski definition) is 1. The summed E-state index contributed by atoms with van der Waals surface area (Å²) in [5.41, 5.74) is 5.60. The van der Waals surface area contributed by atoms with Gasteiger partial charge < -0.3 is 10.5 Å². The van der Waals surface area contributed by atoms with Crippen LogP contribution < -0.4 is 10.0 Å². The van der Waals surface area contributed by atoms with E-state index in [0.29, 0.717) is 5.69 Å². The van der Waals surface area contributed by atoms with Crippen molar-refractivity contribution in [3.63, 3.8) is 0 Å². The molecule has 2 N–H and O–H groups in total. The number of amides is 1. The van der Waals surface area contributed by atoms with Crippen molar-refractivity contribution in [3.8, 4) is 0 Å². The Kier molecular flexibility index (Phi) is 5.99. The first-order valence-corrected chi connectivity index (χ1v) is 9.39. The van der Waals surface area contributed by atoms with Crippen molar-refractivity contribution in [3.05, 3.63) is 60.2 Å². The molecule has 0 aliphatic carbocycles. The number of benzene rings is 2. The van der Waals surface area contributed by atoms with Gasteiger partial charge in [-0.2, -0.15) is 0 Å². The van der Waals surface area contributed by atoms with Gasteiger partial charge in [0.05, 0.1) is 16.1 Å². The molecule has 0 saturated heterocycles. The highest BCUT2D eigenvalue weighted by Crippen LogP contribution is 2.24. The van der Waals surface area contributed by atoms with E-state index in [4.69, 9.17) is 10.5 Å². The fourth-order valence-corrected chi connectivity index (χ4v) is 3.80. The molecule has 8 heteroatoms. The Bertz CT molecular complexity index is 897. The zero-order chi connectivity index (χ0) is 19.3. The molecular formula is C18H20N2O5S. The molecule has 0 bridgehead atoms. The number of ether oxygens (including phenoxy) is 1. The van der Waals surface area contributed by atoms with E-state index in [2.05, 4.69) is 0 Å². The molecule has 2 aromatic carbocycles. The maximum absolute atomic E-state index is 13.0. The SMILES string of the molecule is CCN(c1ccccc1)S(=O)(=O)c1cccc(C(=O)OC(C)C(N)=O)c1. The maximum atomic E-state index is 13.0. The van der Waals surface area contributed by atoms with Crippen LogP contribution in [-0.2, 0) is 19.6 Å². The second-order valence-electron chi connectivity index (χ2n) is 5.48. The van der Waals surface area contributed by atoms with Gasteiger partial charge in [-0.1, -0.05) is 24.3 Å². The van der Waals surface area contributed by atoms with Crippen LogP contribution in [0.3, 0.4) is 0 Å². The second kappa shape index (κ2) is 8.01. The van der Waals surface area contributed by atoms with Crippen LogP contribution in [0, 0.1) is 0 Å². The van der Waals surface area contributed by atoms with E-state index in [0.717, 1.165) is 0 Å². The van der Waals surface area contributed by atoms with Crippen molar-refractivity contribution < 1.29 is 22.7 Å². The van der Waals surface area contributed by atoms with Crippen molar-refractivity contribution in [1.29, 1.82) is 0 Å². The quantitative estimate of drug-likeness (QED) is 0.743. The lowest BCUT2D eigenvalue weighted by molar-refractivity contribution is -0.125. The molecule has 7 nitrogen and oxygen atoms in total. The van der Waals surface area contributed by atoms with Gasteiger partial charge in [0.1, 0.15) is 0 Å². The van der Waals surface area contributed by atoms with Gasteiger partial charge in [0, 0.05) is 6.54 Å². The molecule has 0 fully saturated rings. The van der Waals surface area contributed by atoms with Crippen LogP contribution in [0.4, 0.5) is 5.69 Å². The number of hydrogen-bond acceptors (Lipinski definition) is 5. The molecule has 0 saturated carbocycles. The van der Waals surface area contributed by atoms with E-state index in [1.807, 2.05) is 0 Å². The summed E-state index contributed by atoms with van der Waals surface area (Å²) >= 11 is 0. The molecule has 0 heterocycles. The van der Waals surface area contributed by atoms with Gasteiger partial charge in [-0.15, -0.1) is 0 Å². The molecule has 138 valence electrons. The first-order valence-electron chi connectivity index (χ1n) is 7.95. The van der Waals surface area contributed by atoms with Crippen LogP contribution in [0.25, 0.3) is 0 Å². The van der Waals surface area contributed by atoms with Crippen molar-refractivity contribution in [2.75, 3.05) is 10.8 Å². The topological polar surface area (TPSA) is 107 Å². The van der Waals surface area contributed by atoms with E-state index in [9.17, 15) is 18.0 Å². The van der Waals surface area contributed by atoms with Crippen molar-refractivity contribution in [1.82, 2.24) is 0 Å². The van der Waals surface area contributed by atoms with Crippen LogP contribution in [0.5, 0.6) is 0 Å². The number of carbonyl (C=O) groups excluding carboxylic acids is 2. The first kappa shape index (κ1) is 19.5. The Morgan fingerprint density at radius 2 is 1.77 bits per heavy atom. The van der Waals surface area contributed by atoms with Crippen LogP contribution in [0.2, 0.25) is 0 Å². The normalized spacial score (nSPS) is 12.2. The lowest BCUT2D eigenvalue weighted by atomic mass is 10.2. The van der Waals surface area contributed by atoms with Crippen molar-refractivity contribution in [2.45, 2.75) is 24.8 Å². The lowest BCUT2D eigenvalue weighted by Gasteiger charge is -2.23. The van der Waals surface area contributed by atoms with Crippen LogP contribution in [0.15, 0.2) is 59.5 Å². The van der Waals surface area contributed by atoms with Gasteiger partial charge in [-0.3, -0.25) is 9.10 Å². The number of para-hydroxylation sites is 1. The van der Waals surface area contributed by atoms with Gasteiger partial charge in [0.2, 0.25) is 0 Å². The van der Waals surface area contributed by atoms with Crippen LogP contribution >= 0.6 is 0 Å². The van der Waals surface area contributed by atoms with Crippen LogP contribution in [-0.4, -0.2) is 32.9 Å². The molecule has 0 aromatic heterocycles. The van der Waals surface area contributed by atoms with Gasteiger partial charge >= 0.3 is 5.97 Å². The number of primary amides is 1. The maximum Gasteiger partial charge on any atom is 0.338 e. The predicted octanol–water partition coefficient (Wildman–Crippen LogP) is 1.93. The predicted molar refractivity (Wildman–Crippen MR) is 97.2 cm³/mol. The molecule has 0 aliphatic rings. The summed E-state index contributed by atoms with van der Waals surface area (Å²) in [5, 5.41) is 0. The number of nitrogens with zero attached hydrogens (tertiary/aromatic N) is 1. The van der Waals surface area contributed by atoms with E-state index in [1.54, 1.807) is 37.3 Å². The number of rotatable bonds is 7. The first-order chi connectivity index (χ1) is 12.3. The average molecular weight is 376 g/mol. The summed E-state index contributed by atoms with van der Waals surface area (Å²) in [6.45, 7) is 3.28. The lowest BCUT2D eigenvalue weighted by Crippen LogP contribution is -2.31. The van der Waals surface area contributed by atoms with E-state index in [1.165, 1.54) is 35.5 Å². The third-order valence-electron chi connectivity index (χ3n) is 3.67. The summed E-state index contributed by atoms with van der Waals surface area (Å²) < 4.78 is 32.1. The molecule has 1 unspecified atom stereocenters. The fourth-order valence-electron chi connectivity index (χ4n) is 2.28. The Balaban J connectivity index is 2.36. The molecule has 0 radical (unpaired) electrons. The minimum atomic E-state index is -3.87. The van der Waals surface area contributed by atoms with E-state index in [-0.39, 0.29) is 17.0 Å². The third kappa shape index (κ3) is 4.20. The van der Waals surface area contributed by atoms with E-state index < -0.39 is 28.0 Å². The van der Waals surface area contributed by atoms with E-state index >= 15 is 0 Å². The summed E-state index contributed by atoms with van der Waals surface area (Å²) in [4.78, 5) is 23.1. The molecule has 1 atom stereocenters. The minimum Gasteiger partial charge on any atom is -0.449 e. The number of anilines is 1. The highest BCUT2D eigenvalue weighted by Gasteiger charge is 2.25. The minimum absolute atomic E-state index is 0.0169. The summed E-state index contributed by atoms with van der Waals surface area (Å²) in [7, 11) is -3.87. The highest BCUT2D eigenvalue weighted by atomic mass is 32.2. The molecule has 2 aromatic rings. The zero-order valence-corrected chi connectivity index (χ0v) is 15.3. The van der Waals surface area contributed by atoms with Crippen molar-refractivity contribution >= 4 is 27.6 Å². The molecule has 2 rings (SSSR count). The molecule has 0 aliphatic heterocycles. The van der Waals surface area contributed by atoms with Gasteiger partial charge in [-0.05, 0) is 44.2 Å². The number of esters is 1. The summed E-state index contributed by atoms with van der Waals surface area (Å²) in [6, 6.07) is 14.1. The van der Waals surface area contributed by atoms with Gasteiger partial charge in [0.25, 0.3) is 15.9 Å².